The lowest BCUT2D eigenvalue weighted by atomic mass is 10.0. The van der Waals surface area contributed by atoms with Gasteiger partial charge in [0.15, 0.2) is 18.0 Å². The SMILES string of the molecule is C[Si](C)(C)CCOCn1c(O[C@@H]2CO[C@H]3[C@@H]2OC[C@H]3OC2CCCCO2)nc2nc(-c3ccc(-c4ccc(OCCNC(=O)CCCCCN=[N+]=[N-])cc4)cc3)c(Cl)cc21. The monoisotopic (exact) mass is 861 g/mol. The van der Waals surface area contributed by atoms with Crippen LogP contribution in [0.1, 0.15) is 44.9 Å². The third-order valence-corrected chi connectivity index (χ3v) is 12.8. The molecule has 5 heterocycles. The number of amides is 1. The molecule has 2 aromatic carbocycles. The minimum Gasteiger partial charge on any atom is -0.492 e. The van der Waals surface area contributed by atoms with Crippen LogP contribution in [-0.2, 0) is 35.2 Å². The van der Waals surface area contributed by atoms with Crippen LogP contribution in [0.3, 0.4) is 0 Å². The largest absolute Gasteiger partial charge is 0.492 e. The summed E-state index contributed by atoms with van der Waals surface area (Å²) in [4.78, 5) is 24.6. The van der Waals surface area contributed by atoms with E-state index in [4.69, 9.17) is 60.3 Å². The number of aromatic nitrogens is 3. The number of nitrogens with one attached hydrogen (secondary N) is 1. The summed E-state index contributed by atoms with van der Waals surface area (Å²) in [6.07, 6.45) is 4.44. The highest BCUT2D eigenvalue weighted by Crippen LogP contribution is 2.36. The fourth-order valence-corrected chi connectivity index (χ4v) is 8.46. The molecule has 17 heteroatoms. The summed E-state index contributed by atoms with van der Waals surface area (Å²) in [5.41, 5.74) is 13.0. The van der Waals surface area contributed by atoms with Gasteiger partial charge in [-0.3, -0.25) is 9.36 Å². The molecule has 0 saturated carbocycles. The maximum atomic E-state index is 12.1. The molecule has 60 heavy (non-hydrogen) atoms. The molecule has 0 bridgehead atoms. The summed E-state index contributed by atoms with van der Waals surface area (Å²) in [6.45, 7) is 10.6. The summed E-state index contributed by atoms with van der Waals surface area (Å²) < 4.78 is 45.0. The second-order valence-electron chi connectivity index (χ2n) is 16.6. The molecule has 1 unspecified atom stereocenters. The van der Waals surface area contributed by atoms with Crippen molar-refractivity contribution in [2.45, 2.75) is 108 Å². The van der Waals surface area contributed by atoms with Gasteiger partial charge in [0.05, 0.1) is 36.0 Å². The Kier molecular flexibility index (Phi) is 15.4. The highest BCUT2D eigenvalue weighted by Gasteiger charge is 2.50. The van der Waals surface area contributed by atoms with Crippen molar-refractivity contribution < 1.29 is 38.0 Å². The summed E-state index contributed by atoms with van der Waals surface area (Å²) in [7, 11) is -1.31. The Labute approximate surface area is 357 Å². The molecule has 3 saturated heterocycles. The number of rotatable bonds is 21. The summed E-state index contributed by atoms with van der Waals surface area (Å²) in [5.74, 6) is 0.705. The van der Waals surface area contributed by atoms with Crippen molar-refractivity contribution in [2.75, 3.05) is 46.1 Å². The topological polar surface area (TPSA) is 173 Å². The molecule has 3 aliphatic heterocycles. The van der Waals surface area contributed by atoms with Crippen molar-refractivity contribution in [3.8, 4) is 34.1 Å². The smallest absolute Gasteiger partial charge is 0.301 e. The Morgan fingerprint density at radius 1 is 0.950 bits per heavy atom. The average molecular weight is 863 g/mol. The zero-order valence-corrected chi connectivity index (χ0v) is 36.5. The summed E-state index contributed by atoms with van der Waals surface area (Å²) in [5, 5.41) is 6.88. The van der Waals surface area contributed by atoms with E-state index in [-0.39, 0.29) is 37.2 Å². The van der Waals surface area contributed by atoms with Crippen LogP contribution in [0.4, 0.5) is 0 Å². The minimum atomic E-state index is -1.31. The number of hydrogen-bond donors (Lipinski definition) is 1. The predicted molar refractivity (Wildman–Crippen MR) is 231 cm³/mol. The Hall–Kier alpha value is -4.25. The van der Waals surface area contributed by atoms with Gasteiger partial charge in [0, 0.05) is 44.7 Å². The Balaban J connectivity index is 0.980. The lowest BCUT2D eigenvalue weighted by molar-refractivity contribution is -0.202. The van der Waals surface area contributed by atoms with E-state index in [1.165, 1.54) is 0 Å². The van der Waals surface area contributed by atoms with E-state index in [1.54, 1.807) is 0 Å². The van der Waals surface area contributed by atoms with Crippen LogP contribution in [0.5, 0.6) is 11.8 Å². The third-order valence-electron chi connectivity index (χ3n) is 10.8. The second-order valence-corrected chi connectivity index (χ2v) is 22.6. The number of ether oxygens (including phenoxy) is 7. The number of azide groups is 1. The molecule has 322 valence electrons. The normalized spacial score (nSPS) is 21.4. The fraction of sp³-hybridized carbons (Fsp3) is 0.558. The molecule has 1 amide bonds. The first-order valence-corrected chi connectivity index (χ1v) is 25.2. The molecule has 4 aromatic rings. The highest BCUT2D eigenvalue weighted by atomic mass is 35.5. The lowest BCUT2D eigenvalue weighted by Gasteiger charge is -2.27. The number of carbonyl (C=O) groups excluding carboxylic acids is 1. The number of benzene rings is 2. The van der Waals surface area contributed by atoms with Crippen LogP contribution in [0.15, 0.2) is 59.7 Å². The van der Waals surface area contributed by atoms with E-state index < -0.39 is 14.2 Å². The molecule has 5 atom stereocenters. The molecule has 1 N–H and O–H groups in total. The lowest BCUT2D eigenvalue weighted by Crippen LogP contribution is -2.38. The van der Waals surface area contributed by atoms with E-state index in [0.717, 1.165) is 67.0 Å². The van der Waals surface area contributed by atoms with Gasteiger partial charge in [-0.15, -0.1) is 0 Å². The van der Waals surface area contributed by atoms with Crippen LogP contribution in [-0.4, -0.2) is 105 Å². The van der Waals surface area contributed by atoms with E-state index in [9.17, 15) is 4.79 Å². The molecule has 15 nitrogen and oxygen atoms in total. The van der Waals surface area contributed by atoms with E-state index in [0.29, 0.717) is 80.4 Å². The van der Waals surface area contributed by atoms with Gasteiger partial charge in [-0.05, 0) is 73.0 Å². The maximum Gasteiger partial charge on any atom is 0.301 e. The van der Waals surface area contributed by atoms with Gasteiger partial charge in [0.1, 0.15) is 37.4 Å². The predicted octanol–water partition coefficient (Wildman–Crippen LogP) is 8.55. The standard InChI is InChI=1S/C43H56ClN7O8Si/c1-60(2,3)24-23-53-28-51-34-25-33(44)39(48-42(34)49-43(51)59-36-27-57-40-35(26-56-41(36)40)58-38-10-6-8-21-55-38)31-13-11-29(12-14-31)30-15-17-32(18-16-30)54-22-20-46-37(52)9-5-4-7-19-47-50-45/h11-18,25,35-36,38,40-41H,4-10,19-24,26-28H2,1-3H3,(H,46,52)/t35-,36-,38?,40-,41-/m1/s1. The van der Waals surface area contributed by atoms with Crippen molar-refractivity contribution in [1.29, 1.82) is 0 Å². The zero-order valence-electron chi connectivity index (χ0n) is 34.7. The van der Waals surface area contributed by atoms with Gasteiger partial charge in [-0.2, -0.15) is 4.98 Å². The summed E-state index contributed by atoms with van der Waals surface area (Å²) in [6, 6.07) is 19.2. The van der Waals surface area contributed by atoms with Crippen molar-refractivity contribution >= 4 is 36.7 Å². The van der Waals surface area contributed by atoms with Crippen LogP contribution >= 0.6 is 11.6 Å². The van der Waals surface area contributed by atoms with Gasteiger partial charge in [0.2, 0.25) is 5.91 Å². The Morgan fingerprint density at radius 2 is 1.68 bits per heavy atom. The number of hydrogen-bond acceptors (Lipinski definition) is 11. The number of imidazole rings is 1. The fourth-order valence-electron chi connectivity index (χ4n) is 7.45. The molecule has 0 radical (unpaired) electrons. The van der Waals surface area contributed by atoms with Gasteiger partial charge >= 0.3 is 6.01 Å². The van der Waals surface area contributed by atoms with Gasteiger partial charge in [-0.1, -0.05) is 79.2 Å². The van der Waals surface area contributed by atoms with Gasteiger partial charge in [0.25, 0.3) is 0 Å². The number of fused-ring (bicyclic) bond motifs is 2. The highest BCUT2D eigenvalue weighted by molar-refractivity contribution is 6.76. The van der Waals surface area contributed by atoms with E-state index in [2.05, 4.69) is 35.0 Å². The van der Waals surface area contributed by atoms with E-state index in [1.807, 2.05) is 59.2 Å². The third kappa shape index (κ3) is 11.8. The van der Waals surface area contributed by atoms with E-state index >= 15 is 0 Å². The molecule has 7 rings (SSSR count). The minimum absolute atomic E-state index is 0.0124. The average Bonchev–Trinajstić information content (AvgIpc) is 3.94. The van der Waals surface area contributed by atoms with Gasteiger partial charge < -0.3 is 38.5 Å². The summed E-state index contributed by atoms with van der Waals surface area (Å²) >= 11 is 6.97. The molecular weight excluding hydrogens is 806 g/mol. The second kappa shape index (κ2) is 21.0. The van der Waals surface area contributed by atoms with Crippen LogP contribution < -0.4 is 14.8 Å². The number of unbranched alkanes of at least 4 members (excludes halogenated alkanes) is 2. The quantitative estimate of drug-likeness (QED) is 0.0281. The van der Waals surface area contributed by atoms with Gasteiger partial charge in [-0.25, -0.2) is 4.98 Å². The first kappa shape index (κ1) is 43.8. The number of halogens is 1. The molecule has 3 aliphatic rings. The van der Waals surface area contributed by atoms with Crippen molar-refractivity contribution in [2.24, 2.45) is 5.11 Å². The molecular formula is C43H56ClN7O8Si. The van der Waals surface area contributed by atoms with Crippen LogP contribution in [0.2, 0.25) is 30.7 Å². The number of pyridine rings is 1. The number of nitrogens with zero attached hydrogens (tertiary/aromatic N) is 6. The first-order valence-electron chi connectivity index (χ1n) is 21.1. The Bertz CT molecular complexity index is 2070. The Morgan fingerprint density at radius 3 is 2.42 bits per heavy atom. The molecule has 0 spiro atoms. The molecule has 3 fully saturated rings. The number of carbonyl (C=O) groups is 1. The van der Waals surface area contributed by atoms with Crippen LogP contribution in [0.25, 0.3) is 44.0 Å². The van der Waals surface area contributed by atoms with Crippen LogP contribution in [0, 0.1) is 0 Å². The zero-order chi connectivity index (χ0) is 41.9. The molecule has 2 aromatic heterocycles. The van der Waals surface area contributed by atoms with Crippen molar-refractivity contribution in [3.05, 3.63) is 70.1 Å². The first-order chi connectivity index (χ1) is 29.1. The molecule has 0 aliphatic carbocycles. The van der Waals surface area contributed by atoms with Crippen molar-refractivity contribution in [3.63, 3.8) is 0 Å². The maximum absolute atomic E-state index is 12.1. The van der Waals surface area contributed by atoms with Crippen molar-refractivity contribution in [1.82, 2.24) is 19.9 Å².